The van der Waals surface area contributed by atoms with Crippen molar-refractivity contribution in [3.05, 3.63) is 142 Å². The highest BCUT2D eigenvalue weighted by atomic mass is 32.2. The molecule has 3 aromatic carbocycles. The number of nitrogens with two attached hydrogens (primary N) is 2. The van der Waals surface area contributed by atoms with Gasteiger partial charge >= 0.3 is 0 Å². The van der Waals surface area contributed by atoms with Crippen molar-refractivity contribution in [3.63, 3.8) is 0 Å². The van der Waals surface area contributed by atoms with E-state index < -0.39 is 45.7 Å². The van der Waals surface area contributed by atoms with Crippen LogP contribution in [0, 0.1) is 0 Å². The minimum Gasteiger partial charge on any atom is -0.370 e. The number of ketones is 1. The number of thiazole rings is 1. The molecule has 0 saturated carbocycles. The predicted octanol–water partition coefficient (Wildman–Crippen LogP) is 2.57. The Balaban J connectivity index is 1.41. The fraction of sp³-hybridized carbons (Fsp3) is 0.263. The summed E-state index contributed by atoms with van der Waals surface area (Å²) in [5.41, 5.74) is 13.7. The summed E-state index contributed by atoms with van der Waals surface area (Å²) in [6.07, 6.45) is 5.41. The third-order valence-electron chi connectivity index (χ3n) is 8.28. The van der Waals surface area contributed by atoms with Gasteiger partial charge in [0.1, 0.15) is 12.1 Å². The van der Waals surface area contributed by atoms with Gasteiger partial charge in [0.25, 0.3) is 0 Å². The molecule has 14 nitrogen and oxygen atoms in total. The van der Waals surface area contributed by atoms with Crippen molar-refractivity contribution in [2.75, 3.05) is 6.54 Å². The molecule has 54 heavy (non-hydrogen) atoms. The molecule has 2 amide bonds. The molecule has 5 rings (SSSR count). The van der Waals surface area contributed by atoms with Gasteiger partial charge in [-0.1, -0.05) is 91.0 Å². The molecule has 7 N–H and O–H groups in total. The minimum atomic E-state index is -4.02. The highest BCUT2D eigenvalue weighted by Crippen LogP contribution is 2.14. The molecule has 0 spiro atoms. The van der Waals surface area contributed by atoms with E-state index in [1.807, 2.05) is 41.0 Å². The molecule has 0 aliphatic heterocycles. The molecule has 16 heteroatoms. The van der Waals surface area contributed by atoms with Crippen molar-refractivity contribution >= 4 is 44.9 Å². The number of guanidine groups is 1. The lowest BCUT2D eigenvalue weighted by atomic mass is 10.0. The highest BCUT2D eigenvalue weighted by Gasteiger charge is 2.32. The molecule has 0 aliphatic carbocycles. The molecule has 3 atom stereocenters. The van der Waals surface area contributed by atoms with Crippen molar-refractivity contribution in [2.45, 2.75) is 56.1 Å². The summed E-state index contributed by atoms with van der Waals surface area (Å²) >= 11 is 1.14. The standard InChI is InChI=1S/C38H43N9O5S2/c39-38(40)42-18-10-17-31(34(48)37-41-19-20-53-37)44-35(49)32(22-30-24-47(26-43-30)23-28-13-6-2-7-14-28)45-36(50)33(21-27-11-4-1-5-12-27)46-54(51,52)25-29-15-8-3-9-16-29/h1-9,11-16,19-20,24,26,31-33,46H,10,17-18,21-23,25H2,(H,44,49)(H,45,50)(H4,39,40,42). The lowest BCUT2D eigenvalue weighted by molar-refractivity contribution is -0.130. The molecule has 0 bridgehead atoms. The normalized spacial score (nSPS) is 13.0. The van der Waals surface area contributed by atoms with E-state index in [0.717, 1.165) is 16.9 Å². The van der Waals surface area contributed by atoms with Crippen LogP contribution < -0.4 is 26.8 Å². The fourth-order valence-electron chi connectivity index (χ4n) is 5.71. The van der Waals surface area contributed by atoms with Crippen LogP contribution in [0.5, 0.6) is 0 Å². The van der Waals surface area contributed by atoms with Gasteiger partial charge in [-0.2, -0.15) is 0 Å². The van der Waals surface area contributed by atoms with E-state index in [9.17, 15) is 22.8 Å². The number of sulfonamides is 1. The molecular weight excluding hydrogens is 727 g/mol. The number of nitrogens with zero attached hydrogens (tertiary/aromatic N) is 4. The van der Waals surface area contributed by atoms with Crippen LogP contribution in [-0.4, -0.2) is 71.2 Å². The number of amides is 2. The van der Waals surface area contributed by atoms with Crippen molar-refractivity contribution in [3.8, 4) is 0 Å². The van der Waals surface area contributed by atoms with Gasteiger partial charge in [0.05, 0.1) is 23.8 Å². The largest absolute Gasteiger partial charge is 0.370 e. The molecule has 282 valence electrons. The molecule has 0 radical (unpaired) electrons. The third kappa shape index (κ3) is 12.5. The Kier molecular flexibility index (Phi) is 14.2. The summed E-state index contributed by atoms with van der Waals surface area (Å²) in [5.74, 6) is -2.25. The van der Waals surface area contributed by atoms with E-state index in [-0.39, 0.29) is 42.5 Å². The summed E-state index contributed by atoms with van der Waals surface area (Å²) in [7, 11) is -4.02. The van der Waals surface area contributed by atoms with E-state index in [0.29, 0.717) is 29.8 Å². The molecule has 0 fully saturated rings. The van der Waals surface area contributed by atoms with Gasteiger partial charge in [0.2, 0.25) is 27.6 Å². The molecule has 5 aromatic rings. The Morgan fingerprint density at radius 2 is 1.39 bits per heavy atom. The lowest BCUT2D eigenvalue weighted by Crippen LogP contribution is -2.57. The first-order valence-electron chi connectivity index (χ1n) is 17.3. The van der Waals surface area contributed by atoms with Crippen LogP contribution in [0.4, 0.5) is 0 Å². The van der Waals surface area contributed by atoms with E-state index in [1.165, 1.54) is 6.20 Å². The minimum absolute atomic E-state index is 0.0106. The Bertz CT molecular complexity index is 2090. The quantitative estimate of drug-likeness (QED) is 0.0340. The SMILES string of the molecule is NC(N)=NCCCC(NC(=O)C(Cc1cn(Cc2ccccc2)cn1)NC(=O)C(Cc1ccccc1)NS(=O)(=O)Cc1ccccc1)C(=O)c1nccs1. The topological polar surface area (TPSA) is 217 Å². The number of Topliss-reactive ketones (excluding diaryl/α,β-unsaturated/α-hetero) is 1. The first-order valence-corrected chi connectivity index (χ1v) is 19.8. The van der Waals surface area contributed by atoms with Crippen LogP contribution >= 0.6 is 11.3 Å². The number of aromatic nitrogens is 3. The number of rotatable bonds is 20. The number of hydrogen-bond donors (Lipinski definition) is 5. The summed E-state index contributed by atoms with van der Waals surface area (Å²) in [6, 6.07) is 23.8. The number of carbonyl (C=O) groups excluding carboxylic acids is 3. The summed E-state index contributed by atoms with van der Waals surface area (Å²) in [6.45, 7) is 0.753. The van der Waals surface area contributed by atoms with E-state index in [2.05, 4.69) is 30.3 Å². The highest BCUT2D eigenvalue weighted by molar-refractivity contribution is 7.88. The van der Waals surface area contributed by atoms with Crippen LogP contribution in [0.2, 0.25) is 0 Å². The van der Waals surface area contributed by atoms with E-state index >= 15 is 0 Å². The smallest absolute Gasteiger partial charge is 0.243 e. The van der Waals surface area contributed by atoms with Gasteiger partial charge in [-0.3, -0.25) is 19.4 Å². The van der Waals surface area contributed by atoms with Gasteiger partial charge in [-0.05, 0) is 36.0 Å². The molecule has 0 saturated heterocycles. The number of imidazole rings is 1. The molecular formula is C38H43N9O5S2. The second kappa shape index (κ2) is 19.4. The summed E-state index contributed by atoms with van der Waals surface area (Å²) in [4.78, 5) is 54.5. The molecule has 2 heterocycles. The number of hydrogen-bond acceptors (Lipinski definition) is 9. The zero-order valence-corrected chi connectivity index (χ0v) is 31.1. The number of aliphatic imine (C=N–C) groups is 1. The maximum atomic E-state index is 14.2. The number of benzene rings is 3. The zero-order valence-electron chi connectivity index (χ0n) is 29.5. The first-order chi connectivity index (χ1) is 26.0. The summed E-state index contributed by atoms with van der Waals surface area (Å²) in [5, 5.41) is 7.47. The summed E-state index contributed by atoms with van der Waals surface area (Å²) < 4.78 is 31.3. The van der Waals surface area contributed by atoms with E-state index in [4.69, 9.17) is 11.5 Å². The second-order valence-electron chi connectivity index (χ2n) is 12.6. The Morgan fingerprint density at radius 3 is 2.02 bits per heavy atom. The maximum absolute atomic E-state index is 14.2. The van der Waals surface area contributed by atoms with Gasteiger partial charge in [0.15, 0.2) is 11.0 Å². The fourth-order valence-corrected chi connectivity index (χ4v) is 7.68. The third-order valence-corrected chi connectivity index (χ3v) is 10.4. The Labute approximate surface area is 318 Å². The Hall–Kier alpha value is -5.71. The first kappa shape index (κ1) is 39.5. The molecule has 2 aromatic heterocycles. The van der Waals surface area contributed by atoms with Crippen LogP contribution in [0.25, 0.3) is 0 Å². The van der Waals surface area contributed by atoms with Gasteiger partial charge in [0, 0.05) is 37.3 Å². The van der Waals surface area contributed by atoms with Crippen LogP contribution in [0.15, 0.2) is 120 Å². The maximum Gasteiger partial charge on any atom is 0.243 e. The lowest BCUT2D eigenvalue weighted by Gasteiger charge is -2.25. The average molecular weight is 770 g/mol. The van der Waals surface area contributed by atoms with E-state index in [1.54, 1.807) is 72.5 Å². The molecule has 0 aliphatic rings. The molecule has 3 unspecified atom stereocenters. The Morgan fingerprint density at radius 1 is 0.778 bits per heavy atom. The van der Waals surface area contributed by atoms with Crippen LogP contribution in [0.3, 0.4) is 0 Å². The van der Waals surface area contributed by atoms with Crippen molar-refractivity contribution < 1.29 is 22.8 Å². The monoisotopic (exact) mass is 769 g/mol. The predicted molar refractivity (Wildman–Crippen MR) is 208 cm³/mol. The van der Waals surface area contributed by atoms with Gasteiger partial charge in [-0.15, -0.1) is 11.3 Å². The average Bonchev–Trinajstić information content (AvgIpc) is 3.86. The number of nitrogens with one attached hydrogen (secondary N) is 3. The van der Waals surface area contributed by atoms with Gasteiger partial charge < -0.3 is 26.7 Å². The van der Waals surface area contributed by atoms with Crippen LogP contribution in [-0.2, 0) is 44.8 Å². The van der Waals surface area contributed by atoms with Crippen molar-refractivity contribution in [2.24, 2.45) is 16.5 Å². The van der Waals surface area contributed by atoms with Gasteiger partial charge in [-0.25, -0.2) is 23.1 Å². The second-order valence-corrected chi connectivity index (χ2v) is 15.3. The number of carbonyl (C=O) groups is 3. The van der Waals surface area contributed by atoms with Crippen molar-refractivity contribution in [1.82, 2.24) is 29.9 Å². The zero-order chi connectivity index (χ0) is 38.3. The van der Waals surface area contributed by atoms with Crippen molar-refractivity contribution in [1.29, 1.82) is 0 Å². The van der Waals surface area contributed by atoms with Crippen LogP contribution in [0.1, 0.15) is 45.0 Å².